The molecule has 70 heavy (non-hydrogen) atoms. The molecule has 9 rings (SSSR count). The molecular formula is C52H51F2N9O7. The van der Waals surface area contributed by atoms with Gasteiger partial charge in [-0.25, -0.2) is 28.1 Å². The van der Waals surface area contributed by atoms with E-state index in [4.69, 9.17) is 14.2 Å². The maximum Gasteiger partial charge on any atom is 0.355 e. The Morgan fingerprint density at radius 3 is 2.39 bits per heavy atom. The number of imidazole rings is 1. The number of carbonyl (C=O) groups is 2. The third kappa shape index (κ3) is 8.32. The first kappa shape index (κ1) is 46.9. The quantitative estimate of drug-likeness (QED) is 0.0935. The van der Waals surface area contributed by atoms with Crippen LogP contribution in [0.4, 0.5) is 14.6 Å². The van der Waals surface area contributed by atoms with Crippen molar-refractivity contribution in [3.05, 3.63) is 130 Å². The van der Waals surface area contributed by atoms with Gasteiger partial charge in [0.15, 0.2) is 23.0 Å². The largest absolute Gasteiger partial charge is 0.507 e. The first-order valence-corrected chi connectivity index (χ1v) is 22.7. The van der Waals surface area contributed by atoms with E-state index in [9.17, 15) is 19.5 Å². The Balaban J connectivity index is 0.964. The van der Waals surface area contributed by atoms with E-state index in [-0.39, 0.29) is 89.2 Å². The number of halogens is 2. The molecule has 1 saturated heterocycles. The second-order valence-electron chi connectivity index (χ2n) is 18.3. The van der Waals surface area contributed by atoms with Gasteiger partial charge < -0.3 is 39.1 Å². The van der Waals surface area contributed by atoms with Crippen LogP contribution in [0.15, 0.2) is 90.1 Å². The Hall–Kier alpha value is -8.15. The fourth-order valence-corrected chi connectivity index (χ4v) is 9.08. The molecule has 1 aliphatic heterocycles. The number of piperazine rings is 1. The smallest absolute Gasteiger partial charge is 0.355 e. The van der Waals surface area contributed by atoms with Gasteiger partial charge in [-0.1, -0.05) is 38.1 Å². The van der Waals surface area contributed by atoms with E-state index in [0.717, 1.165) is 28.6 Å². The Labute approximate surface area is 400 Å². The van der Waals surface area contributed by atoms with E-state index < -0.39 is 45.8 Å². The molecule has 6 heterocycles. The Bertz CT molecular complexity index is 3370. The van der Waals surface area contributed by atoms with Crippen molar-refractivity contribution in [1.82, 2.24) is 39.4 Å². The molecule has 0 spiro atoms. The van der Waals surface area contributed by atoms with Gasteiger partial charge in [0.2, 0.25) is 17.4 Å². The third-order valence-corrected chi connectivity index (χ3v) is 12.7. The lowest BCUT2D eigenvalue weighted by atomic mass is 9.92. The zero-order valence-electron chi connectivity index (χ0n) is 39.8. The number of hydrogen-bond acceptors (Lipinski definition) is 12. The first-order valence-electron chi connectivity index (χ1n) is 22.7. The molecule has 0 bridgehead atoms. The van der Waals surface area contributed by atoms with Crippen molar-refractivity contribution in [3.8, 4) is 51.3 Å². The molecule has 0 radical (unpaired) electrons. The van der Waals surface area contributed by atoms with Gasteiger partial charge in [-0.3, -0.25) is 14.6 Å². The normalized spacial score (nSPS) is 14.2. The Morgan fingerprint density at radius 1 is 0.943 bits per heavy atom. The summed E-state index contributed by atoms with van der Waals surface area (Å²) in [5, 5.41) is 11.8. The summed E-state index contributed by atoms with van der Waals surface area (Å²) < 4.78 is 50.6. The molecule has 16 nitrogen and oxygen atoms in total. The number of anilines is 1. The minimum atomic E-state index is -1.09. The minimum Gasteiger partial charge on any atom is -0.507 e. The highest BCUT2D eigenvalue weighted by atomic mass is 19.1. The number of aromatic hydroxyl groups is 1. The molecule has 1 atom stereocenters. The molecule has 0 saturated carbocycles. The number of rotatable bonds is 13. The van der Waals surface area contributed by atoms with Crippen molar-refractivity contribution in [2.45, 2.75) is 53.5 Å². The summed E-state index contributed by atoms with van der Waals surface area (Å²) in [5.74, 6) is -1.80. The zero-order valence-corrected chi connectivity index (χ0v) is 39.8. The molecule has 3 aromatic carbocycles. The van der Waals surface area contributed by atoms with Gasteiger partial charge in [-0.05, 0) is 81.6 Å². The number of carbonyl (C=O) groups excluding carboxylic acids is 2. The predicted molar refractivity (Wildman–Crippen MR) is 260 cm³/mol. The average molecular weight is 952 g/mol. The second kappa shape index (κ2) is 18.4. The standard InChI is InChI=1S/C52H51F2N9O7/c1-27(2)42-44(28(3)16-17-55-42)63-49-32(22-35(54)43(59-49)41-34(53)13-11-15-38(41)64)48(60-51(63)67)62-19-18-61(25-29(62)4)50(66)52(5,6)26-70-46-39(68-7)20-30(21-40(46)69-8)45(65)37-24-57-47(58-37)33-23-56-36-14-10-9-12-31(33)36/h9-17,20-24,27,29,56,64H,18-19,25-26H2,1-8H3,(H,57,58)/t29-/m0/s1. The number of aromatic nitrogens is 7. The SMILES string of the molecule is COc1cc(C(=O)c2cnc(-c3c[nH]c4ccccc34)[nH]2)cc(OC)c1OCC(C)(C)C(=O)N1CCN(c2nc(=O)n(-c3c(C)ccnc3C(C)C)c3nc(-c4c(O)cccc4F)c(F)cc23)[C@@H](C)C1. The molecule has 0 aliphatic carbocycles. The van der Waals surface area contributed by atoms with E-state index in [0.29, 0.717) is 22.8 Å². The van der Waals surface area contributed by atoms with Crippen LogP contribution in [-0.2, 0) is 4.79 Å². The van der Waals surface area contributed by atoms with Crippen molar-refractivity contribution >= 4 is 39.4 Å². The van der Waals surface area contributed by atoms with Gasteiger partial charge in [0.25, 0.3) is 0 Å². The van der Waals surface area contributed by atoms with Gasteiger partial charge in [0.1, 0.15) is 41.2 Å². The lowest BCUT2D eigenvalue weighted by Crippen LogP contribution is -2.57. The Kier molecular flexibility index (Phi) is 12.3. The molecule has 360 valence electrons. The summed E-state index contributed by atoms with van der Waals surface area (Å²) >= 11 is 0. The van der Waals surface area contributed by atoms with Crippen LogP contribution in [0.5, 0.6) is 23.0 Å². The number of aryl methyl sites for hydroxylation is 1. The van der Waals surface area contributed by atoms with E-state index in [1.54, 1.807) is 43.1 Å². The van der Waals surface area contributed by atoms with Crippen molar-refractivity contribution in [2.24, 2.45) is 5.41 Å². The number of ether oxygens (including phenoxy) is 3. The van der Waals surface area contributed by atoms with E-state index in [2.05, 4.69) is 29.9 Å². The molecule has 3 N–H and O–H groups in total. The summed E-state index contributed by atoms with van der Waals surface area (Å²) in [6.45, 7) is 11.5. The summed E-state index contributed by atoms with van der Waals surface area (Å²) in [4.78, 5) is 70.7. The third-order valence-electron chi connectivity index (χ3n) is 12.7. The number of amides is 1. The number of hydrogen-bond donors (Lipinski definition) is 3. The van der Waals surface area contributed by atoms with E-state index in [1.165, 1.54) is 37.1 Å². The van der Waals surface area contributed by atoms with Crippen LogP contribution in [0.25, 0.3) is 50.3 Å². The topological polar surface area (TPSA) is 194 Å². The van der Waals surface area contributed by atoms with Gasteiger partial charge in [-0.2, -0.15) is 4.98 Å². The molecule has 0 unspecified atom stereocenters. The van der Waals surface area contributed by atoms with Gasteiger partial charge in [0.05, 0.1) is 48.2 Å². The van der Waals surface area contributed by atoms with Crippen LogP contribution in [0.1, 0.15) is 67.8 Å². The molecule has 5 aromatic heterocycles. The monoisotopic (exact) mass is 951 g/mol. The summed E-state index contributed by atoms with van der Waals surface area (Å²) in [6, 6.07) is 16.9. The van der Waals surface area contributed by atoms with Crippen LogP contribution < -0.4 is 24.8 Å². The van der Waals surface area contributed by atoms with Gasteiger partial charge in [-0.15, -0.1) is 0 Å². The molecule has 1 fully saturated rings. The number of methoxy groups -OCH3 is 2. The van der Waals surface area contributed by atoms with Crippen LogP contribution in [0.2, 0.25) is 0 Å². The van der Waals surface area contributed by atoms with Crippen LogP contribution in [0.3, 0.4) is 0 Å². The fourth-order valence-electron chi connectivity index (χ4n) is 9.08. The highest BCUT2D eigenvalue weighted by molar-refractivity contribution is 6.09. The predicted octanol–water partition coefficient (Wildman–Crippen LogP) is 8.52. The number of benzene rings is 3. The molecule has 18 heteroatoms. The number of H-pyrrole nitrogens is 2. The lowest BCUT2D eigenvalue weighted by Gasteiger charge is -2.43. The number of phenols is 1. The van der Waals surface area contributed by atoms with Crippen molar-refractivity contribution in [3.63, 3.8) is 0 Å². The number of para-hydroxylation sites is 1. The number of nitrogens with zero attached hydrogens (tertiary/aromatic N) is 7. The maximum absolute atomic E-state index is 16.3. The van der Waals surface area contributed by atoms with Crippen molar-refractivity contribution < 1.29 is 37.7 Å². The average Bonchev–Trinajstić information content (AvgIpc) is 4.01. The van der Waals surface area contributed by atoms with Crippen LogP contribution >= 0.6 is 0 Å². The number of aromatic amines is 2. The number of ketones is 1. The fraction of sp³-hybridized carbons (Fsp3) is 0.288. The Morgan fingerprint density at radius 2 is 1.69 bits per heavy atom. The number of nitrogens with one attached hydrogen (secondary N) is 2. The zero-order chi connectivity index (χ0) is 49.8. The van der Waals surface area contributed by atoms with Crippen molar-refractivity contribution in [2.75, 3.05) is 45.4 Å². The first-order chi connectivity index (χ1) is 33.5. The summed E-state index contributed by atoms with van der Waals surface area (Å²) in [5.41, 5.74) is 1.15. The van der Waals surface area contributed by atoms with E-state index >= 15 is 8.78 Å². The van der Waals surface area contributed by atoms with E-state index in [1.807, 2.05) is 63.1 Å². The molecule has 1 amide bonds. The lowest BCUT2D eigenvalue weighted by molar-refractivity contribution is -0.142. The summed E-state index contributed by atoms with van der Waals surface area (Å²) in [7, 11) is 2.89. The molecular weight excluding hydrogens is 901 g/mol. The number of fused-ring (bicyclic) bond motifs is 2. The van der Waals surface area contributed by atoms with Crippen LogP contribution in [-0.4, -0.2) is 103 Å². The second-order valence-corrected chi connectivity index (χ2v) is 18.3. The molecule has 1 aliphatic rings. The summed E-state index contributed by atoms with van der Waals surface area (Å²) in [6.07, 6.45) is 4.95. The minimum absolute atomic E-state index is 0.0174. The van der Waals surface area contributed by atoms with Crippen molar-refractivity contribution in [1.29, 1.82) is 0 Å². The highest BCUT2D eigenvalue weighted by Gasteiger charge is 2.38. The van der Waals surface area contributed by atoms with Gasteiger partial charge in [0, 0.05) is 60.1 Å². The highest BCUT2D eigenvalue weighted by Crippen LogP contribution is 2.41. The number of phenolic OH excluding ortho intramolecular Hbond substituents is 1. The van der Waals surface area contributed by atoms with Crippen LogP contribution in [0, 0.1) is 24.0 Å². The molecule has 8 aromatic rings. The van der Waals surface area contributed by atoms with Gasteiger partial charge >= 0.3 is 5.69 Å². The maximum atomic E-state index is 16.3. The number of pyridine rings is 2.